The van der Waals surface area contributed by atoms with E-state index in [0.717, 1.165) is 0 Å². The first-order chi connectivity index (χ1) is 16.0. The van der Waals surface area contributed by atoms with Gasteiger partial charge in [0.15, 0.2) is 11.9 Å². The van der Waals surface area contributed by atoms with Crippen LogP contribution >= 0.6 is 0 Å². The summed E-state index contributed by atoms with van der Waals surface area (Å²) < 4.78 is 11.2. The second kappa shape index (κ2) is 8.07. The van der Waals surface area contributed by atoms with Crippen molar-refractivity contribution < 1.29 is 44.6 Å². The minimum absolute atomic E-state index is 0.0435. The van der Waals surface area contributed by atoms with Crippen LogP contribution in [-0.2, 0) is 19.1 Å². The van der Waals surface area contributed by atoms with Crippen molar-refractivity contribution in [3.05, 3.63) is 11.1 Å². The van der Waals surface area contributed by atoms with Crippen LogP contribution in [0.3, 0.4) is 0 Å². The van der Waals surface area contributed by atoms with Crippen LogP contribution in [-0.4, -0.2) is 85.6 Å². The third-order valence-corrected chi connectivity index (χ3v) is 9.98. The molecule has 8 unspecified atom stereocenters. The lowest BCUT2D eigenvalue weighted by Crippen LogP contribution is -2.78. The molecule has 2 bridgehead atoms. The summed E-state index contributed by atoms with van der Waals surface area (Å²) in [6, 6.07) is 0. The summed E-state index contributed by atoms with van der Waals surface area (Å²) >= 11 is 0. The molecule has 10 atom stereocenters. The minimum atomic E-state index is -1.69. The number of hydrogen-bond acceptors (Lipinski definition) is 9. The van der Waals surface area contributed by atoms with E-state index in [4.69, 9.17) is 9.47 Å². The van der Waals surface area contributed by atoms with Crippen molar-refractivity contribution in [2.45, 2.75) is 103 Å². The number of ether oxygens (including phenoxy) is 2. The molecule has 5 N–H and O–H groups in total. The summed E-state index contributed by atoms with van der Waals surface area (Å²) in [5.41, 5.74) is -5.11. The standard InChI is InChI=1S/C26H40O9/c1-11(2)18(28)22(31)35-14-9-26(33)13(4)20-24(7,15(27)8-16-25(20,32)10-34-16)21(30)19(29)17(12(14)3)23(26,5)6/h11,13-16,18-20,27-29,32-33H,8-10H2,1-7H3/t13?,14?,15?,16?,18?,19?,20?,24-,25+,26?/m1/s1. The zero-order chi connectivity index (χ0) is 26.5. The molecule has 0 amide bonds. The van der Waals surface area contributed by atoms with Gasteiger partial charge in [0.2, 0.25) is 0 Å². The molecule has 9 heteroatoms. The van der Waals surface area contributed by atoms with Gasteiger partial charge in [-0.2, -0.15) is 0 Å². The summed E-state index contributed by atoms with van der Waals surface area (Å²) in [5.74, 6) is -3.56. The van der Waals surface area contributed by atoms with Gasteiger partial charge < -0.3 is 35.0 Å². The molecular weight excluding hydrogens is 456 g/mol. The Kier molecular flexibility index (Phi) is 6.15. The molecule has 0 aromatic carbocycles. The van der Waals surface area contributed by atoms with E-state index in [1.54, 1.807) is 48.5 Å². The van der Waals surface area contributed by atoms with Crippen molar-refractivity contribution in [2.24, 2.45) is 28.6 Å². The van der Waals surface area contributed by atoms with E-state index in [0.29, 0.717) is 5.57 Å². The Bertz CT molecular complexity index is 956. The average molecular weight is 497 g/mol. The topological polar surface area (TPSA) is 154 Å². The molecule has 0 aromatic heterocycles. The molecule has 0 spiro atoms. The van der Waals surface area contributed by atoms with E-state index < -0.39 is 76.1 Å². The van der Waals surface area contributed by atoms with Gasteiger partial charge >= 0.3 is 5.97 Å². The van der Waals surface area contributed by atoms with Gasteiger partial charge in [0.25, 0.3) is 0 Å². The first kappa shape index (κ1) is 26.7. The molecule has 1 aliphatic heterocycles. The van der Waals surface area contributed by atoms with Gasteiger partial charge in [0.1, 0.15) is 17.8 Å². The van der Waals surface area contributed by atoms with Crippen LogP contribution in [0, 0.1) is 28.6 Å². The Labute approximate surface area is 206 Å². The van der Waals surface area contributed by atoms with Gasteiger partial charge in [-0.25, -0.2) is 4.79 Å². The predicted octanol–water partition coefficient (Wildman–Crippen LogP) is 0.489. The quantitative estimate of drug-likeness (QED) is 0.277. The minimum Gasteiger partial charge on any atom is -0.456 e. The SMILES string of the molecule is CC1=C2C(O)C(=O)[C@]3(C)C(O)CC4OC[C@@]4(O)C3C(C)C(O)(CC1OC(=O)C(O)C(C)C)C2(C)C. The molecule has 0 aromatic rings. The average Bonchev–Trinajstić information content (AvgIpc) is 2.76. The molecule has 9 nitrogen and oxygen atoms in total. The fraction of sp³-hybridized carbons (Fsp3) is 0.846. The van der Waals surface area contributed by atoms with Crippen molar-refractivity contribution in [2.75, 3.05) is 6.61 Å². The fourth-order valence-corrected chi connectivity index (χ4v) is 7.59. The number of Topliss-reactive ketones (excluding diaryl/α,β-unsaturated/α-hetero) is 1. The van der Waals surface area contributed by atoms with Gasteiger partial charge in [-0.3, -0.25) is 4.79 Å². The van der Waals surface area contributed by atoms with Gasteiger partial charge in [0.05, 0.1) is 29.8 Å². The van der Waals surface area contributed by atoms with Crippen molar-refractivity contribution in [3.8, 4) is 0 Å². The highest BCUT2D eigenvalue weighted by Gasteiger charge is 2.74. The third-order valence-electron chi connectivity index (χ3n) is 9.98. The van der Waals surface area contributed by atoms with E-state index in [-0.39, 0.29) is 30.9 Å². The zero-order valence-corrected chi connectivity index (χ0v) is 21.6. The number of aliphatic hydroxyl groups excluding tert-OH is 3. The maximum Gasteiger partial charge on any atom is 0.335 e. The Hall–Kier alpha value is -1.36. The van der Waals surface area contributed by atoms with Crippen LogP contribution < -0.4 is 0 Å². The zero-order valence-electron chi connectivity index (χ0n) is 21.6. The molecule has 1 heterocycles. The van der Waals surface area contributed by atoms with Crippen molar-refractivity contribution in [1.82, 2.24) is 0 Å². The first-order valence-corrected chi connectivity index (χ1v) is 12.5. The highest BCUT2D eigenvalue weighted by atomic mass is 16.6. The molecule has 35 heavy (non-hydrogen) atoms. The number of carbonyl (C=O) groups excluding carboxylic acids is 2. The van der Waals surface area contributed by atoms with Crippen molar-refractivity contribution in [1.29, 1.82) is 0 Å². The summed E-state index contributed by atoms with van der Waals surface area (Å²) in [7, 11) is 0. The molecule has 4 aliphatic rings. The lowest BCUT2D eigenvalue weighted by molar-refractivity contribution is -0.335. The molecule has 3 fully saturated rings. The summed E-state index contributed by atoms with van der Waals surface area (Å²) in [6.45, 7) is 11.7. The van der Waals surface area contributed by atoms with E-state index in [9.17, 15) is 35.1 Å². The fourth-order valence-electron chi connectivity index (χ4n) is 7.59. The number of hydrogen-bond donors (Lipinski definition) is 5. The molecule has 3 aliphatic carbocycles. The van der Waals surface area contributed by atoms with Gasteiger partial charge in [-0.1, -0.05) is 34.6 Å². The first-order valence-electron chi connectivity index (χ1n) is 12.5. The highest BCUT2D eigenvalue weighted by Crippen LogP contribution is 2.64. The maximum absolute atomic E-state index is 14.0. The molecule has 0 radical (unpaired) electrons. The van der Waals surface area contributed by atoms with Crippen LogP contribution in [0.1, 0.15) is 61.3 Å². The van der Waals surface area contributed by atoms with Crippen molar-refractivity contribution >= 4 is 11.8 Å². The van der Waals surface area contributed by atoms with Crippen LogP contribution in [0.2, 0.25) is 0 Å². The van der Waals surface area contributed by atoms with Crippen LogP contribution in [0.25, 0.3) is 0 Å². The largest absolute Gasteiger partial charge is 0.456 e. The van der Waals surface area contributed by atoms with Crippen molar-refractivity contribution in [3.63, 3.8) is 0 Å². The number of esters is 1. The molecule has 2 saturated carbocycles. The van der Waals surface area contributed by atoms with E-state index >= 15 is 0 Å². The molecule has 4 rings (SSSR count). The van der Waals surface area contributed by atoms with Crippen LogP contribution in [0.5, 0.6) is 0 Å². The monoisotopic (exact) mass is 496 g/mol. The second-order valence-electron chi connectivity index (χ2n) is 12.3. The summed E-state index contributed by atoms with van der Waals surface area (Å²) in [6.07, 6.45) is -5.94. The predicted molar refractivity (Wildman–Crippen MR) is 124 cm³/mol. The van der Waals surface area contributed by atoms with Crippen LogP contribution in [0.15, 0.2) is 11.1 Å². The van der Waals surface area contributed by atoms with Gasteiger partial charge in [-0.15, -0.1) is 0 Å². The second-order valence-corrected chi connectivity index (χ2v) is 12.3. The Balaban J connectivity index is 1.90. The maximum atomic E-state index is 14.0. The smallest absolute Gasteiger partial charge is 0.335 e. The number of carbonyl (C=O) groups is 2. The van der Waals surface area contributed by atoms with E-state index in [1.165, 1.54) is 0 Å². The Morgan fingerprint density at radius 1 is 1.17 bits per heavy atom. The lowest BCUT2D eigenvalue weighted by Gasteiger charge is -2.67. The number of ketones is 1. The number of aliphatic hydroxyl groups is 5. The number of rotatable bonds is 3. The molecular formula is C26H40O9. The summed E-state index contributed by atoms with van der Waals surface area (Å²) in [5, 5.41) is 56.9. The van der Waals surface area contributed by atoms with Gasteiger partial charge in [0, 0.05) is 24.2 Å². The van der Waals surface area contributed by atoms with Crippen LogP contribution in [0.4, 0.5) is 0 Å². The normalized spacial score (nSPS) is 47.7. The Morgan fingerprint density at radius 3 is 2.29 bits per heavy atom. The Morgan fingerprint density at radius 2 is 1.77 bits per heavy atom. The van der Waals surface area contributed by atoms with E-state index in [2.05, 4.69) is 0 Å². The lowest BCUT2D eigenvalue weighted by atomic mass is 9.43. The molecule has 198 valence electrons. The third kappa shape index (κ3) is 3.28. The number of fused-ring (bicyclic) bond motifs is 5. The van der Waals surface area contributed by atoms with Gasteiger partial charge in [-0.05, 0) is 36.8 Å². The van der Waals surface area contributed by atoms with E-state index in [1.807, 2.05) is 0 Å². The molecule has 1 saturated heterocycles. The highest BCUT2D eigenvalue weighted by molar-refractivity contribution is 5.93. The summed E-state index contributed by atoms with van der Waals surface area (Å²) in [4.78, 5) is 26.6.